The van der Waals surface area contributed by atoms with Gasteiger partial charge < -0.3 is 0 Å². The van der Waals surface area contributed by atoms with E-state index in [1.54, 1.807) is 0 Å². The highest BCUT2D eigenvalue weighted by Gasteiger charge is 1.94. The molecule has 0 saturated carbocycles. The molecule has 0 amide bonds. The first-order chi connectivity index (χ1) is 5.77. The Morgan fingerprint density at radius 2 is 1.17 bits per heavy atom. The van der Waals surface area contributed by atoms with Gasteiger partial charge in [0.15, 0.2) is 0 Å². The molecule has 0 saturated heterocycles. The lowest BCUT2D eigenvalue weighted by molar-refractivity contribution is 1.80. The molecule has 0 aliphatic heterocycles. The third-order valence-corrected chi connectivity index (χ3v) is 1.95. The predicted molar refractivity (Wildman–Crippen MR) is 54.7 cm³/mol. The molecular formula is C10H6B2. The Morgan fingerprint density at radius 1 is 0.750 bits per heavy atom. The number of hydrogen-bond donors (Lipinski definition) is 0. The second-order valence-electron chi connectivity index (χ2n) is 2.83. The quantitative estimate of drug-likeness (QED) is 0.475. The highest BCUT2D eigenvalue weighted by molar-refractivity contribution is 6.49. The van der Waals surface area contributed by atoms with Crippen molar-refractivity contribution >= 4 is 37.4 Å². The highest BCUT2D eigenvalue weighted by Crippen LogP contribution is 2.09. The molecule has 0 atom stereocenters. The van der Waals surface area contributed by atoms with Gasteiger partial charge in [0.2, 0.25) is 0 Å². The van der Waals surface area contributed by atoms with Crippen LogP contribution in [-0.2, 0) is 0 Å². The summed E-state index contributed by atoms with van der Waals surface area (Å²) < 4.78 is 0. The average molecular weight is 148 g/mol. The Kier molecular flexibility index (Phi) is 1.69. The van der Waals surface area contributed by atoms with Crippen LogP contribution < -0.4 is 10.9 Å². The van der Waals surface area contributed by atoms with Gasteiger partial charge in [0.25, 0.3) is 0 Å². The maximum atomic E-state index is 5.66. The van der Waals surface area contributed by atoms with Crippen LogP contribution in [-0.4, -0.2) is 15.7 Å². The Balaban J connectivity index is 2.84. The summed E-state index contributed by atoms with van der Waals surface area (Å²) in [5.41, 5.74) is 1.29. The van der Waals surface area contributed by atoms with E-state index in [9.17, 15) is 0 Å². The standard InChI is InChI=1S/C10H6B2/c11-9-5-7-3-1-2-4-8(7)6-10(9)12/h1-6H. The maximum absolute atomic E-state index is 5.66. The maximum Gasteiger partial charge on any atom is 0.113 e. The smallest absolute Gasteiger partial charge is 0.103 e. The van der Waals surface area contributed by atoms with Gasteiger partial charge in [0.1, 0.15) is 15.7 Å². The number of benzene rings is 2. The molecule has 0 heterocycles. The Labute approximate surface area is 74.4 Å². The summed E-state index contributed by atoms with van der Waals surface area (Å²) in [6.07, 6.45) is 0. The molecule has 0 aromatic heterocycles. The largest absolute Gasteiger partial charge is 0.113 e. The SMILES string of the molecule is [B]c1cc2ccccc2cc1[B]. The lowest BCUT2D eigenvalue weighted by atomic mass is 9.79. The number of hydrogen-bond acceptors (Lipinski definition) is 0. The Morgan fingerprint density at radius 3 is 1.58 bits per heavy atom. The second-order valence-corrected chi connectivity index (χ2v) is 2.83. The topological polar surface area (TPSA) is 0 Å². The van der Waals surface area contributed by atoms with E-state index in [0.29, 0.717) is 10.9 Å². The predicted octanol–water partition coefficient (Wildman–Crippen LogP) is 0.427. The van der Waals surface area contributed by atoms with E-state index in [-0.39, 0.29) is 0 Å². The minimum atomic E-state index is 0.647. The van der Waals surface area contributed by atoms with Gasteiger partial charge in [-0.1, -0.05) is 36.4 Å². The van der Waals surface area contributed by atoms with Crippen LogP contribution in [0.25, 0.3) is 10.8 Å². The summed E-state index contributed by atoms with van der Waals surface area (Å²) in [6.45, 7) is 0. The molecular weight excluding hydrogens is 142 g/mol. The minimum absolute atomic E-state index is 0.647. The van der Waals surface area contributed by atoms with Crippen molar-refractivity contribution in [3.05, 3.63) is 36.4 Å². The van der Waals surface area contributed by atoms with Gasteiger partial charge in [-0.25, -0.2) is 0 Å². The summed E-state index contributed by atoms with van der Waals surface area (Å²) in [6, 6.07) is 11.8. The van der Waals surface area contributed by atoms with E-state index >= 15 is 0 Å². The van der Waals surface area contributed by atoms with Crippen LogP contribution in [0.15, 0.2) is 36.4 Å². The van der Waals surface area contributed by atoms with Gasteiger partial charge in [-0.3, -0.25) is 0 Å². The summed E-state index contributed by atoms with van der Waals surface area (Å²) in [7, 11) is 11.3. The fourth-order valence-corrected chi connectivity index (χ4v) is 1.28. The second kappa shape index (κ2) is 2.71. The van der Waals surface area contributed by atoms with Crippen LogP contribution in [0.4, 0.5) is 0 Å². The zero-order chi connectivity index (χ0) is 8.55. The van der Waals surface area contributed by atoms with Crippen LogP contribution in [0.2, 0.25) is 0 Å². The average Bonchev–Trinajstić information content (AvgIpc) is 2.07. The molecule has 0 spiro atoms. The summed E-state index contributed by atoms with van der Waals surface area (Å²) in [5.74, 6) is 0. The molecule has 2 aromatic carbocycles. The molecule has 0 bridgehead atoms. The highest BCUT2D eigenvalue weighted by atomic mass is 13.9. The first-order valence-electron chi connectivity index (χ1n) is 3.81. The fraction of sp³-hybridized carbons (Fsp3) is 0. The van der Waals surface area contributed by atoms with Crippen molar-refractivity contribution in [2.24, 2.45) is 0 Å². The van der Waals surface area contributed by atoms with Gasteiger partial charge in [0, 0.05) is 0 Å². The molecule has 0 fully saturated rings. The molecule has 4 radical (unpaired) electrons. The molecule has 52 valence electrons. The van der Waals surface area contributed by atoms with E-state index < -0.39 is 0 Å². The van der Waals surface area contributed by atoms with Gasteiger partial charge in [-0.2, -0.15) is 0 Å². The van der Waals surface area contributed by atoms with Crippen molar-refractivity contribution in [3.8, 4) is 0 Å². The first kappa shape index (κ1) is 7.48. The lowest BCUT2D eigenvalue weighted by Crippen LogP contribution is -2.24. The van der Waals surface area contributed by atoms with Gasteiger partial charge in [0.05, 0.1) is 0 Å². The van der Waals surface area contributed by atoms with Crippen LogP contribution >= 0.6 is 0 Å². The van der Waals surface area contributed by atoms with E-state index in [2.05, 4.69) is 0 Å². The lowest BCUT2D eigenvalue weighted by Gasteiger charge is -2.03. The molecule has 2 rings (SSSR count). The van der Waals surface area contributed by atoms with E-state index in [1.807, 2.05) is 36.4 Å². The van der Waals surface area contributed by atoms with Crippen molar-refractivity contribution < 1.29 is 0 Å². The summed E-state index contributed by atoms with van der Waals surface area (Å²) in [5, 5.41) is 2.26. The fourth-order valence-electron chi connectivity index (χ4n) is 1.28. The number of rotatable bonds is 0. The van der Waals surface area contributed by atoms with E-state index in [1.165, 1.54) is 0 Å². The molecule has 0 nitrogen and oxygen atoms in total. The molecule has 0 N–H and O–H groups in total. The van der Waals surface area contributed by atoms with Gasteiger partial charge in [-0.05, 0) is 10.8 Å². The third kappa shape index (κ3) is 1.14. The van der Waals surface area contributed by atoms with E-state index in [4.69, 9.17) is 15.7 Å². The van der Waals surface area contributed by atoms with Gasteiger partial charge in [-0.15, -0.1) is 10.9 Å². The van der Waals surface area contributed by atoms with Crippen LogP contribution in [0.3, 0.4) is 0 Å². The van der Waals surface area contributed by atoms with E-state index in [0.717, 1.165) is 10.8 Å². The van der Waals surface area contributed by atoms with Crippen LogP contribution in [0.5, 0.6) is 0 Å². The van der Waals surface area contributed by atoms with Crippen molar-refractivity contribution in [3.63, 3.8) is 0 Å². The summed E-state index contributed by atoms with van der Waals surface area (Å²) >= 11 is 0. The Hall–Kier alpha value is -1.17. The first-order valence-corrected chi connectivity index (χ1v) is 3.81. The summed E-state index contributed by atoms with van der Waals surface area (Å²) in [4.78, 5) is 0. The zero-order valence-corrected chi connectivity index (χ0v) is 6.62. The molecule has 2 heteroatoms. The van der Waals surface area contributed by atoms with Gasteiger partial charge >= 0.3 is 0 Å². The molecule has 0 aliphatic carbocycles. The monoisotopic (exact) mass is 148 g/mol. The van der Waals surface area contributed by atoms with Crippen molar-refractivity contribution in [1.29, 1.82) is 0 Å². The molecule has 12 heavy (non-hydrogen) atoms. The Bertz CT molecular complexity index is 381. The molecule has 0 aliphatic rings. The molecule has 2 aromatic rings. The normalized spacial score (nSPS) is 10.3. The van der Waals surface area contributed by atoms with Crippen LogP contribution in [0.1, 0.15) is 0 Å². The third-order valence-electron chi connectivity index (χ3n) is 1.95. The zero-order valence-electron chi connectivity index (χ0n) is 6.62. The molecule has 0 unspecified atom stereocenters. The van der Waals surface area contributed by atoms with Crippen molar-refractivity contribution in [1.82, 2.24) is 0 Å². The number of fused-ring (bicyclic) bond motifs is 1. The van der Waals surface area contributed by atoms with Crippen LogP contribution in [0, 0.1) is 0 Å². The minimum Gasteiger partial charge on any atom is -0.103 e. The van der Waals surface area contributed by atoms with Crippen molar-refractivity contribution in [2.45, 2.75) is 0 Å². The van der Waals surface area contributed by atoms with Crippen molar-refractivity contribution in [2.75, 3.05) is 0 Å².